The lowest BCUT2D eigenvalue weighted by atomic mass is 10.1. The van der Waals surface area contributed by atoms with E-state index in [0.29, 0.717) is 14.8 Å². The summed E-state index contributed by atoms with van der Waals surface area (Å²) in [5.41, 5.74) is 2.99. The number of carbonyl (C=O) groups excluding carboxylic acids is 1. The molecule has 1 aromatic heterocycles. The molecule has 1 aliphatic heterocycles. The molecule has 7 heteroatoms. The molecule has 27 heavy (non-hydrogen) atoms. The van der Waals surface area contributed by atoms with Crippen LogP contribution < -0.4 is 4.80 Å². The van der Waals surface area contributed by atoms with Crippen LogP contribution in [0.4, 0.5) is 4.79 Å². The summed E-state index contributed by atoms with van der Waals surface area (Å²) in [7, 11) is 0. The molecule has 0 saturated carbocycles. The van der Waals surface area contributed by atoms with Gasteiger partial charge in [-0.15, -0.1) is 11.3 Å². The highest BCUT2D eigenvalue weighted by molar-refractivity contribution is 7.07. The zero-order valence-electron chi connectivity index (χ0n) is 14.4. The maximum atomic E-state index is 12.3. The van der Waals surface area contributed by atoms with Crippen LogP contribution in [-0.2, 0) is 0 Å². The summed E-state index contributed by atoms with van der Waals surface area (Å²) in [5, 5.41) is 3.01. The Morgan fingerprint density at radius 1 is 0.963 bits per heavy atom. The van der Waals surface area contributed by atoms with E-state index in [1.54, 1.807) is 11.0 Å². The topological polar surface area (TPSA) is 37.6 Å². The molecule has 0 N–H and O–H groups in total. The van der Waals surface area contributed by atoms with Crippen LogP contribution in [0.15, 0.2) is 59.0 Å². The van der Waals surface area contributed by atoms with E-state index in [4.69, 9.17) is 23.2 Å². The van der Waals surface area contributed by atoms with Crippen molar-refractivity contribution in [2.24, 2.45) is 4.99 Å². The summed E-state index contributed by atoms with van der Waals surface area (Å²) in [4.78, 5) is 19.1. The van der Waals surface area contributed by atoms with Crippen molar-refractivity contribution < 1.29 is 4.79 Å². The summed E-state index contributed by atoms with van der Waals surface area (Å²) in [6.07, 6.45) is 4.04. The van der Waals surface area contributed by atoms with Crippen LogP contribution in [0.2, 0.25) is 10.0 Å². The molecule has 2 aromatic carbocycles. The zero-order chi connectivity index (χ0) is 18.8. The first kappa shape index (κ1) is 18.3. The second-order valence-electron chi connectivity index (χ2n) is 6.32. The van der Waals surface area contributed by atoms with E-state index in [1.807, 2.05) is 52.5 Å². The minimum absolute atomic E-state index is 0.156. The molecule has 2 heterocycles. The Morgan fingerprint density at radius 3 is 2.37 bits per heavy atom. The third-order valence-electron chi connectivity index (χ3n) is 4.56. The zero-order valence-corrected chi connectivity index (χ0v) is 16.8. The lowest BCUT2D eigenvalue weighted by Gasteiger charge is -2.11. The molecule has 1 fully saturated rings. The van der Waals surface area contributed by atoms with Gasteiger partial charge in [0.05, 0.1) is 10.0 Å². The van der Waals surface area contributed by atoms with Gasteiger partial charge in [0.15, 0.2) is 4.80 Å². The second-order valence-corrected chi connectivity index (χ2v) is 8.01. The van der Waals surface area contributed by atoms with Crippen molar-refractivity contribution in [1.29, 1.82) is 0 Å². The third-order valence-corrected chi connectivity index (χ3v) is 6.05. The molecule has 1 saturated heterocycles. The molecule has 1 aliphatic rings. The molecule has 138 valence electrons. The van der Waals surface area contributed by atoms with Crippen molar-refractivity contribution >= 4 is 40.6 Å². The molecule has 0 unspecified atom stereocenters. The van der Waals surface area contributed by atoms with Crippen LogP contribution in [0.3, 0.4) is 0 Å². The Kier molecular flexibility index (Phi) is 5.34. The molecule has 4 rings (SSSR count). The number of aromatic nitrogens is 1. The molecule has 0 atom stereocenters. The first-order valence-electron chi connectivity index (χ1n) is 8.67. The van der Waals surface area contributed by atoms with Crippen LogP contribution >= 0.6 is 34.5 Å². The van der Waals surface area contributed by atoms with Crippen molar-refractivity contribution in [3.8, 4) is 16.8 Å². The number of rotatable bonds is 2. The Morgan fingerprint density at radius 2 is 1.67 bits per heavy atom. The second kappa shape index (κ2) is 7.89. The van der Waals surface area contributed by atoms with Crippen LogP contribution in [0.1, 0.15) is 12.8 Å². The van der Waals surface area contributed by atoms with Gasteiger partial charge in [0.25, 0.3) is 0 Å². The minimum Gasteiger partial charge on any atom is -0.323 e. The highest BCUT2D eigenvalue weighted by Crippen LogP contribution is 2.28. The maximum Gasteiger partial charge on any atom is 0.346 e. The molecule has 2 amide bonds. The van der Waals surface area contributed by atoms with Crippen LogP contribution in [0.25, 0.3) is 16.8 Å². The number of nitrogens with zero attached hydrogens (tertiary/aromatic N) is 3. The summed E-state index contributed by atoms with van der Waals surface area (Å²) in [5.74, 6) is 0. The number of likely N-dealkylation sites (tertiary alicyclic amines) is 1. The van der Waals surface area contributed by atoms with Gasteiger partial charge < -0.3 is 4.90 Å². The molecule has 0 bridgehead atoms. The van der Waals surface area contributed by atoms with Gasteiger partial charge in [-0.2, -0.15) is 4.99 Å². The Balaban J connectivity index is 1.62. The smallest absolute Gasteiger partial charge is 0.323 e. The van der Waals surface area contributed by atoms with E-state index in [9.17, 15) is 4.79 Å². The van der Waals surface area contributed by atoms with E-state index in [1.165, 1.54) is 11.3 Å². The molecule has 0 spiro atoms. The van der Waals surface area contributed by atoms with Gasteiger partial charge in [0.2, 0.25) is 0 Å². The summed E-state index contributed by atoms with van der Waals surface area (Å²) < 4.78 is 1.93. The van der Waals surface area contributed by atoms with Crippen molar-refractivity contribution in [1.82, 2.24) is 9.47 Å². The van der Waals surface area contributed by atoms with E-state index in [-0.39, 0.29) is 6.03 Å². The van der Waals surface area contributed by atoms with Gasteiger partial charge in [-0.05, 0) is 48.2 Å². The SMILES string of the molecule is O=C(/N=c1\sccn1-c1ccc(-c2ccc(Cl)c(Cl)c2)cc1)N1CCCC1. The molecule has 4 nitrogen and oxygen atoms in total. The summed E-state index contributed by atoms with van der Waals surface area (Å²) in [6.45, 7) is 1.60. The molecule has 0 aliphatic carbocycles. The highest BCUT2D eigenvalue weighted by atomic mass is 35.5. The number of carbonyl (C=O) groups is 1. The van der Waals surface area contributed by atoms with Crippen LogP contribution in [-0.4, -0.2) is 28.6 Å². The first-order valence-corrected chi connectivity index (χ1v) is 10.3. The highest BCUT2D eigenvalue weighted by Gasteiger charge is 2.17. The standard InChI is InChI=1S/C20H17Cl2N3OS/c21-17-8-5-15(13-18(17)22)14-3-6-16(7-4-14)25-11-12-27-20(25)23-19(26)24-9-1-2-10-24/h3-8,11-13H,1-2,9-10H2/b23-20-. The van der Waals surface area contributed by atoms with Crippen LogP contribution in [0, 0.1) is 0 Å². The average molecular weight is 418 g/mol. The fraction of sp³-hybridized carbons (Fsp3) is 0.200. The maximum absolute atomic E-state index is 12.3. The number of benzene rings is 2. The fourth-order valence-corrected chi connectivity index (χ4v) is 4.11. The van der Waals surface area contributed by atoms with Crippen molar-refractivity contribution in [2.45, 2.75) is 12.8 Å². The average Bonchev–Trinajstić information content (AvgIpc) is 3.36. The van der Waals surface area contributed by atoms with Gasteiger partial charge in [-0.25, -0.2) is 4.79 Å². The number of amides is 2. The van der Waals surface area contributed by atoms with E-state index < -0.39 is 0 Å². The minimum atomic E-state index is -0.156. The first-order chi connectivity index (χ1) is 13.1. The summed E-state index contributed by atoms with van der Waals surface area (Å²) in [6, 6.07) is 13.5. The van der Waals surface area contributed by atoms with E-state index >= 15 is 0 Å². The quantitative estimate of drug-likeness (QED) is 0.532. The lowest BCUT2D eigenvalue weighted by molar-refractivity contribution is 0.218. The normalized spacial score (nSPS) is 14.7. The number of hydrogen-bond donors (Lipinski definition) is 0. The lowest BCUT2D eigenvalue weighted by Crippen LogP contribution is -2.27. The fourth-order valence-electron chi connectivity index (χ4n) is 3.10. The number of urea groups is 1. The van der Waals surface area contributed by atoms with Gasteiger partial charge in [0.1, 0.15) is 0 Å². The third kappa shape index (κ3) is 3.95. The van der Waals surface area contributed by atoms with Gasteiger partial charge in [0, 0.05) is 30.4 Å². The van der Waals surface area contributed by atoms with Crippen molar-refractivity contribution in [3.63, 3.8) is 0 Å². The predicted octanol–water partition coefficient (Wildman–Crippen LogP) is 5.63. The van der Waals surface area contributed by atoms with Crippen LogP contribution in [0.5, 0.6) is 0 Å². The largest absolute Gasteiger partial charge is 0.346 e. The monoisotopic (exact) mass is 417 g/mol. The Bertz CT molecular complexity index is 1030. The van der Waals surface area contributed by atoms with Gasteiger partial charge in [-0.3, -0.25) is 4.57 Å². The van der Waals surface area contributed by atoms with E-state index in [2.05, 4.69) is 4.99 Å². The van der Waals surface area contributed by atoms with Gasteiger partial charge >= 0.3 is 6.03 Å². The molecule has 0 radical (unpaired) electrons. The number of thiazole rings is 1. The van der Waals surface area contributed by atoms with E-state index in [0.717, 1.165) is 42.7 Å². The molecular formula is C20H17Cl2N3OS. The molecular weight excluding hydrogens is 401 g/mol. The molecule has 3 aromatic rings. The van der Waals surface area contributed by atoms with Crippen molar-refractivity contribution in [2.75, 3.05) is 13.1 Å². The van der Waals surface area contributed by atoms with Crippen molar-refractivity contribution in [3.05, 3.63) is 68.9 Å². The number of hydrogen-bond acceptors (Lipinski definition) is 2. The van der Waals surface area contributed by atoms with Gasteiger partial charge in [-0.1, -0.05) is 41.4 Å². The summed E-state index contributed by atoms with van der Waals surface area (Å²) >= 11 is 13.6. The Labute approximate surface area is 171 Å². The predicted molar refractivity (Wildman–Crippen MR) is 111 cm³/mol. The number of halogens is 2. The Hall–Kier alpha value is -2.08.